The van der Waals surface area contributed by atoms with Gasteiger partial charge in [0.15, 0.2) is 11.5 Å². The summed E-state index contributed by atoms with van der Waals surface area (Å²) in [6, 6.07) is 12.9. The minimum Gasteiger partial charge on any atom is -0.493 e. The van der Waals surface area contributed by atoms with Gasteiger partial charge in [-0.1, -0.05) is 30.3 Å². The Balaban J connectivity index is 2.37. The molecule has 0 atom stereocenters. The second-order valence-electron chi connectivity index (χ2n) is 4.39. The normalized spacial score (nSPS) is 10.1. The quantitative estimate of drug-likeness (QED) is 0.906. The Bertz CT molecular complexity index is 620. The van der Waals surface area contributed by atoms with Gasteiger partial charge in [-0.25, -0.2) is 0 Å². The molecule has 0 amide bonds. The topological polar surface area (TPSA) is 55.8 Å². The summed E-state index contributed by atoms with van der Waals surface area (Å²) in [5.41, 5.74) is 1.59. The second-order valence-corrected chi connectivity index (χ2v) is 4.39. The smallest absolute Gasteiger partial charge is 0.307 e. The molecule has 2 rings (SSSR count). The van der Waals surface area contributed by atoms with Gasteiger partial charge in [-0.2, -0.15) is 0 Å². The van der Waals surface area contributed by atoms with Crippen molar-refractivity contribution in [1.82, 2.24) is 0 Å². The summed E-state index contributed by atoms with van der Waals surface area (Å²) < 4.78 is 11.1. The number of hydrogen-bond acceptors (Lipinski definition) is 3. The lowest BCUT2D eigenvalue weighted by Gasteiger charge is -2.14. The minimum absolute atomic E-state index is 0.103. The first-order valence-electron chi connectivity index (χ1n) is 6.23. The van der Waals surface area contributed by atoms with Crippen molar-refractivity contribution in [3.05, 3.63) is 53.6 Å². The molecule has 104 valence electrons. The van der Waals surface area contributed by atoms with E-state index in [1.165, 1.54) is 7.11 Å². The number of hydrogen-bond donors (Lipinski definition) is 1. The van der Waals surface area contributed by atoms with Gasteiger partial charge < -0.3 is 14.6 Å². The van der Waals surface area contributed by atoms with Crippen LogP contribution in [-0.4, -0.2) is 18.2 Å². The maximum absolute atomic E-state index is 10.9. The molecule has 2 aromatic rings. The predicted molar refractivity (Wildman–Crippen MR) is 75.6 cm³/mol. The maximum Gasteiger partial charge on any atom is 0.307 e. The van der Waals surface area contributed by atoms with Crippen LogP contribution in [0.2, 0.25) is 0 Å². The number of methoxy groups -OCH3 is 1. The summed E-state index contributed by atoms with van der Waals surface area (Å²) in [7, 11) is 1.51. The number of carboxylic acid groups (broad SMARTS) is 1. The van der Waals surface area contributed by atoms with Crippen molar-refractivity contribution in [1.29, 1.82) is 0 Å². The summed E-state index contributed by atoms with van der Waals surface area (Å²) in [6.07, 6.45) is -0.103. The Morgan fingerprint density at radius 3 is 2.45 bits per heavy atom. The van der Waals surface area contributed by atoms with Gasteiger partial charge in [-0.15, -0.1) is 0 Å². The van der Waals surface area contributed by atoms with Crippen LogP contribution < -0.4 is 9.47 Å². The fourth-order valence-electron chi connectivity index (χ4n) is 1.96. The standard InChI is InChI=1S/C16H16O4/c1-11-6-3-4-8-13(11)20-14-9-5-7-12(10-15(17)18)16(14)19-2/h3-9H,10H2,1-2H3,(H,17,18). The van der Waals surface area contributed by atoms with E-state index in [0.29, 0.717) is 17.1 Å². The summed E-state index contributed by atoms with van der Waals surface area (Å²) in [5, 5.41) is 8.92. The van der Waals surface area contributed by atoms with Crippen LogP contribution in [0.15, 0.2) is 42.5 Å². The number of aryl methyl sites for hydroxylation is 1. The number of ether oxygens (including phenoxy) is 2. The number of aliphatic carboxylic acids is 1. The predicted octanol–water partition coefficient (Wildman–Crippen LogP) is 3.42. The highest BCUT2D eigenvalue weighted by atomic mass is 16.5. The lowest BCUT2D eigenvalue weighted by molar-refractivity contribution is -0.136. The molecule has 4 nitrogen and oxygen atoms in total. The molecule has 0 fully saturated rings. The molecular weight excluding hydrogens is 256 g/mol. The largest absolute Gasteiger partial charge is 0.493 e. The van der Waals surface area contributed by atoms with Crippen LogP contribution >= 0.6 is 0 Å². The molecule has 2 aromatic carbocycles. The van der Waals surface area contributed by atoms with Crippen LogP contribution in [0.3, 0.4) is 0 Å². The minimum atomic E-state index is -0.906. The molecule has 0 aromatic heterocycles. The Morgan fingerprint density at radius 2 is 1.80 bits per heavy atom. The third-order valence-corrected chi connectivity index (χ3v) is 2.92. The summed E-state index contributed by atoms with van der Waals surface area (Å²) >= 11 is 0. The molecule has 0 spiro atoms. The van der Waals surface area contributed by atoms with Crippen molar-refractivity contribution < 1.29 is 19.4 Å². The van der Waals surface area contributed by atoms with Gasteiger partial charge in [0.05, 0.1) is 13.5 Å². The molecular formula is C16H16O4. The third-order valence-electron chi connectivity index (χ3n) is 2.92. The van der Waals surface area contributed by atoms with E-state index in [2.05, 4.69) is 0 Å². The fourth-order valence-corrected chi connectivity index (χ4v) is 1.96. The van der Waals surface area contributed by atoms with Gasteiger partial charge in [-0.3, -0.25) is 4.79 Å². The van der Waals surface area contributed by atoms with E-state index in [1.54, 1.807) is 18.2 Å². The van der Waals surface area contributed by atoms with Gasteiger partial charge >= 0.3 is 5.97 Å². The van der Waals surface area contributed by atoms with Gasteiger partial charge in [0.2, 0.25) is 0 Å². The molecule has 1 N–H and O–H groups in total. The van der Waals surface area contributed by atoms with Gasteiger partial charge in [0.1, 0.15) is 5.75 Å². The monoisotopic (exact) mass is 272 g/mol. The van der Waals surface area contributed by atoms with Crippen molar-refractivity contribution in [2.45, 2.75) is 13.3 Å². The first-order chi connectivity index (χ1) is 9.61. The Kier molecular flexibility index (Phi) is 4.25. The zero-order valence-corrected chi connectivity index (χ0v) is 11.4. The molecule has 0 aliphatic heterocycles. The number of carboxylic acids is 1. The first kappa shape index (κ1) is 13.9. The van der Waals surface area contributed by atoms with Gasteiger partial charge in [-0.05, 0) is 24.6 Å². The fraction of sp³-hybridized carbons (Fsp3) is 0.188. The number of benzene rings is 2. The molecule has 4 heteroatoms. The van der Waals surface area contributed by atoms with E-state index < -0.39 is 5.97 Å². The molecule has 0 bridgehead atoms. The number of carbonyl (C=O) groups is 1. The average Bonchev–Trinajstić information content (AvgIpc) is 2.41. The SMILES string of the molecule is COc1c(CC(=O)O)cccc1Oc1ccccc1C. The van der Waals surface area contributed by atoms with E-state index in [1.807, 2.05) is 31.2 Å². The molecule has 0 unspecified atom stereocenters. The van der Waals surface area contributed by atoms with E-state index >= 15 is 0 Å². The Morgan fingerprint density at radius 1 is 1.10 bits per heavy atom. The lowest BCUT2D eigenvalue weighted by atomic mass is 10.1. The average molecular weight is 272 g/mol. The van der Waals surface area contributed by atoms with Crippen LogP contribution in [-0.2, 0) is 11.2 Å². The van der Waals surface area contributed by atoms with Crippen LogP contribution in [0.1, 0.15) is 11.1 Å². The molecule has 0 radical (unpaired) electrons. The van der Waals surface area contributed by atoms with Gasteiger partial charge in [0, 0.05) is 5.56 Å². The van der Waals surface area contributed by atoms with Crippen LogP contribution in [0.25, 0.3) is 0 Å². The van der Waals surface area contributed by atoms with Crippen LogP contribution in [0.4, 0.5) is 0 Å². The van der Waals surface area contributed by atoms with Crippen molar-refractivity contribution in [2.75, 3.05) is 7.11 Å². The highest BCUT2D eigenvalue weighted by Crippen LogP contribution is 2.35. The Labute approximate surface area is 117 Å². The number of para-hydroxylation sites is 2. The van der Waals surface area contributed by atoms with E-state index in [9.17, 15) is 4.79 Å². The Hall–Kier alpha value is -2.49. The summed E-state index contributed by atoms with van der Waals surface area (Å²) in [4.78, 5) is 10.9. The van der Waals surface area contributed by atoms with Crippen LogP contribution in [0, 0.1) is 6.92 Å². The molecule has 20 heavy (non-hydrogen) atoms. The number of rotatable bonds is 5. The summed E-state index contributed by atoms with van der Waals surface area (Å²) in [5.74, 6) is 0.785. The lowest BCUT2D eigenvalue weighted by Crippen LogP contribution is -2.03. The highest BCUT2D eigenvalue weighted by Gasteiger charge is 2.14. The zero-order chi connectivity index (χ0) is 14.5. The maximum atomic E-state index is 10.9. The first-order valence-corrected chi connectivity index (χ1v) is 6.23. The molecule has 0 saturated heterocycles. The molecule has 0 saturated carbocycles. The van der Waals surface area contributed by atoms with E-state index in [-0.39, 0.29) is 6.42 Å². The van der Waals surface area contributed by atoms with Crippen LogP contribution in [0.5, 0.6) is 17.2 Å². The third kappa shape index (κ3) is 3.09. The molecule has 0 aliphatic rings. The molecule has 0 aliphatic carbocycles. The zero-order valence-electron chi connectivity index (χ0n) is 11.4. The summed E-state index contributed by atoms with van der Waals surface area (Å²) in [6.45, 7) is 1.95. The van der Waals surface area contributed by atoms with E-state index in [0.717, 1.165) is 11.3 Å². The van der Waals surface area contributed by atoms with Crippen molar-refractivity contribution in [3.63, 3.8) is 0 Å². The second kappa shape index (κ2) is 6.10. The van der Waals surface area contributed by atoms with Crippen molar-refractivity contribution in [3.8, 4) is 17.2 Å². The molecule has 0 heterocycles. The van der Waals surface area contributed by atoms with Crippen molar-refractivity contribution >= 4 is 5.97 Å². The van der Waals surface area contributed by atoms with Crippen molar-refractivity contribution in [2.24, 2.45) is 0 Å². The van der Waals surface area contributed by atoms with E-state index in [4.69, 9.17) is 14.6 Å². The van der Waals surface area contributed by atoms with Gasteiger partial charge in [0.25, 0.3) is 0 Å². The highest BCUT2D eigenvalue weighted by molar-refractivity contribution is 5.72.